The van der Waals surface area contributed by atoms with Crippen LogP contribution in [0.25, 0.3) is 0 Å². The maximum absolute atomic E-state index is 12.0. The fourth-order valence-corrected chi connectivity index (χ4v) is 2.26. The minimum Gasteiger partial charge on any atom is -0.484 e. The number of carboxylic acid groups (broad SMARTS) is 1. The number of carbonyl (C=O) groups excluding carboxylic acids is 1. The molecule has 0 aliphatic carbocycles. The molecule has 136 valence electrons. The fraction of sp³-hybridized carbons (Fsp3) is 0.211. The molecule has 0 aliphatic rings. The van der Waals surface area contributed by atoms with Gasteiger partial charge in [-0.25, -0.2) is 5.43 Å². The van der Waals surface area contributed by atoms with Gasteiger partial charge in [-0.2, -0.15) is 5.10 Å². The standard InChI is InChI=1S/C19H19ClN2O4/c1-13-11-15(7-8-16(13)20)26-12-18(23)22-21-17(9-10-19(24)25)14-5-3-2-4-6-14/h2-8,11H,9-10,12H2,1H3,(H,22,23)(H,24,25). The van der Waals surface area contributed by atoms with E-state index in [1.165, 1.54) is 0 Å². The molecule has 26 heavy (non-hydrogen) atoms. The molecule has 6 nitrogen and oxygen atoms in total. The van der Waals surface area contributed by atoms with E-state index in [-0.39, 0.29) is 19.4 Å². The SMILES string of the molecule is Cc1cc(OCC(=O)NN=C(CCC(=O)O)c2ccccc2)ccc1Cl. The zero-order valence-electron chi connectivity index (χ0n) is 14.2. The molecule has 0 saturated heterocycles. The summed E-state index contributed by atoms with van der Waals surface area (Å²) in [6, 6.07) is 14.2. The molecule has 2 aromatic carbocycles. The van der Waals surface area contributed by atoms with Crippen molar-refractivity contribution < 1.29 is 19.4 Å². The highest BCUT2D eigenvalue weighted by atomic mass is 35.5. The largest absolute Gasteiger partial charge is 0.484 e. The summed E-state index contributed by atoms with van der Waals surface area (Å²) < 4.78 is 5.41. The van der Waals surface area contributed by atoms with Crippen molar-refractivity contribution in [3.8, 4) is 5.75 Å². The lowest BCUT2D eigenvalue weighted by atomic mass is 10.1. The maximum atomic E-state index is 12.0. The lowest BCUT2D eigenvalue weighted by molar-refractivity contribution is -0.136. The van der Waals surface area contributed by atoms with Gasteiger partial charge in [0.2, 0.25) is 0 Å². The predicted octanol–water partition coefficient (Wildman–Crippen LogP) is 3.41. The van der Waals surface area contributed by atoms with Gasteiger partial charge in [0.25, 0.3) is 5.91 Å². The van der Waals surface area contributed by atoms with Crippen LogP contribution in [0, 0.1) is 6.92 Å². The Balaban J connectivity index is 1.97. The first-order valence-corrected chi connectivity index (χ1v) is 8.35. The van der Waals surface area contributed by atoms with E-state index in [2.05, 4.69) is 10.5 Å². The topological polar surface area (TPSA) is 88.0 Å². The highest BCUT2D eigenvalue weighted by molar-refractivity contribution is 6.31. The molecule has 0 spiro atoms. The molecule has 0 atom stereocenters. The Morgan fingerprint density at radius 2 is 1.88 bits per heavy atom. The van der Waals surface area contributed by atoms with E-state index in [0.29, 0.717) is 16.5 Å². The maximum Gasteiger partial charge on any atom is 0.303 e. The molecule has 7 heteroatoms. The van der Waals surface area contributed by atoms with Crippen molar-refractivity contribution in [1.29, 1.82) is 0 Å². The van der Waals surface area contributed by atoms with Gasteiger partial charge >= 0.3 is 5.97 Å². The van der Waals surface area contributed by atoms with Crippen molar-refractivity contribution in [1.82, 2.24) is 5.43 Å². The minimum absolute atomic E-state index is 0.0792. The highest BCUT2D eigenvalue weighted by Crippen LogP contribution is 2.20. The molecular weight excluding hydrogens is 356 g/mol. The highest BCUT2D eigenvalue weighted by Gasteiger charge is 2.09. The van der Waals surface area contributed by atoms with Crippen LogP contribution in [0.3, 0.4) is 0 Å². The van der Waals surface area contributed by atoms with Crippen molar-refractivity contribution in [3.63, 3.8) is 0 Å². The number of benzene rings is 2. The van der Waals surface area contributed by atoms with Crippen LogP contribution in [-0.4, -0.2) is 29.3 Å². The van der Waals surface area contributed by atoms with Gasteiger partial charge in [0, 0.05) is 11.4 Å². The first-order valence-electron chi connectivity index (χ1n) is 7.97. The number of carboxylic acids is 1. The van der Waals surface area contributed by atoms with Crippen molar-refractivity contribution in [2.45, 2.75) is 19.8 Å². The number of rotatable bonds is 8. The van der Waals surface area contributed by atoms with Crippen LogP contribution in [0.4, 0.5) is 0 Å². The minimum atomic E-state index is -0.929. The van der Waals surface area contributed by atoms with Crippen molar-refractivity contribution in [3.05, 3.63) is 64.7 Å². The molecule has 0 bridgehead atoms. The first kappa shape index (κ1) is 19.5. The van der Waals surface area contributed by atoms with Gasteiger partial charge in [-0.3, -0.25) is 9.59 Å². The smallest absolute Gasteiger partial charge is 0.303 e. The summed E-state index contributed by atoms with van der Waals surface area (Å²) in [6.07, 6.45) is 0.126. The fourth-order valence-electron chi connectivity index (χ4n) is 2.14. The molecule has 2 aromatic rings. The van der Waals surface area contributed by atoms with Gasteiger partial charge in [-0.05, 0) is 36.2 Å². The average Bonchev–Trinajstić information content (AvgIpc) is 2.63. The third-order valence-corrected chi connectivity index (χ3v) is 3.92. The lowest BCUT2D eigenvalue weighted by Gasteiger charge is -2.08. The Morgan fingerprint density at radius 3 is 2.54 bits per heavy atom. The average molecular weight is 375 g/mol. The summed E-state index contributed by atoms with van der Waals surface area (Å²) in [6.45, 7) is 1.62. The predicted molar refractivity (Wildman–Crippen MR) is 99.7 cm³/mol. The Morgan fingerprint density at radius 1 is 1.15 bits per heavy atom. The second kappa shape index (κ2) is 9.58. The molecule has 0 aromatic heterocycles. The Kier molecular flexibility index (Phi) is 7.17. The first-order chi connectivity index (χ1) is 12.5. The number of carbonyl (C=O) groups is 2. The lowest BCUT2D eigenvalue weighted by Crippen LogP contribution is -2.26. The number of hydrazone groups is 1. The van der Waals surface area contributed by atoms with Crippen LogP contribution < -0.4 is 10.2 Å². The van der Waals surface area contributed by atoms with Crippen molar-refractivity contribution in [2.75, 3.05) is 6.61 Å². The van der Waals surface area contributed by atoms with Crippen molar-refractivity contribution >= 4 is 29.2 Å². The van der Waals surface area contributed by atoms with E-state index >= 15 is 0 Å². The van der Waals surface area contributed by atoms with Crippen LogP contribution in [-0.2, 0) is 9.59 Å². The normalized spacial score (nSPS) is 11.1. The molecule has 2 rings (SSSR count). The van der Waals surface area contributed by atoms with Crippen LogP contribution in [0.2, 0.25) is 5.02 Å². The third kappa shape index (κ3) is 6.22. The second-order valence-corrected chi connectivity index (χ2v) is 5.96. The summed E-state index contributed by atoms with van der Waals surface area (Å²) in [5, 5.41) is 13.6. The second-order valence-electron chi connectivity index (χ2n) is 5.55. The Bertz CT molecular complexity index is 806. The molecule has 0 fully saturated rings. The van der Waals surface area contributed by atoms with Gasteiger partial charge in [0.1, 0.15) is 5.75 Å². The summed E-state index contributed by atoms with van der Waals surface area (Å²) in [7, 11) is 0. The summed E-state index contributed by atoms with van der Waals surface area (Å²) >= 11 is 5.94. The molecule has 1 amide bonds. The van der Waals surface area contributed by atoms with Crippen LogP contribution >= 0.6 is 11.6 Å². The molecular formula is C19H19ClN2O4. The van der Waals surface area contributed by atoms with E-state index in [4.69, 9.17) is 21.4 Å². The van der Waals surface area contributed by atoms with E-state index in [1.54, 1.807) is 30.3 Å². The van der Waals surface area contributed by atoms with Crippen molar-refractivity contribution in [2.24, 2.45) is 5.10 Å². The van der Waals surface area contributed by atoms with Gasteiger partial charge in [-0.1, -0.05) is 41.9 Å². The molecule has 0 aliphatic heterocycles. The number of aryl methyl sites for hydroxylation is 1. The molecule has 0 unspecified atom stereocenters. The number of nitrogens with one attached hydrogen (secondary N) is 1. The zero-order chi connectivity index (χ0) is 18.9. The van der Waals surface area contributed by atoms with E-state index in [9.17, 15) is 9.59 Å². The Hall–Kier alpha value is -2.86. The number of ether oxygens (including phenoxy) is 1. The van der Waals surface area contributed by atoms with Gasteiger partial charge in [-0.15, -0.1) is 0 Å². The molecule has 2 N–H and O–H groups in total. The van der Waals surface area contributed by atoms with Crippen LogP contribution in [0.15, 0.2) is 53.6 Å². The number of hydrogen-bond acceptors (Lipinski definition) is 4. The number of hydrogen-bond donors (Lipinski definition) is 2. The number of nitrogens with zero attached hydrogens (tertiary/aromatic N) is 1. The Labute approximate surface area is 156 Å². The monoisotopic (exact) mass is 374 g/mol. The van der Waals surface area contributed by atoms with Gasteiger partial charge in [0.15, 0.2) is 6.61 Å². The summed E-state index contributed by atoms with van der Waals surface area (Å²) in [4.78, 5) is 22.8. The number of aliphatic carboxylic acids is 1. The summed E-state index contributed by atoms with van der Waals surface area (Å²) in [5.41, 5.74) is 4.50. The zero-order valence-corrected chi connectivity index (χ0v) is 15.0. The number of amides is 1. The van der Waals surface area contributed by atoms with E-state index < -0.39 is 11.9 Å². The van der Waals surface area contributed by atoms with Crippen LogP contribution in [0.5, 0.6) is 5.75 Å². The van der Waals surface area contributed by atoms with Crippen LogP contribution in [0.1, 0.15) is 24.0 Å². The number of halogens is 1. The quantitative estimate of drug-likeness (QED) is 0.547. The summed E-state index contributed by atoms with van der Waals surface area (Å²) in [5.74, 6) is -0.844. The molecule has 0 heterocycles. The van der Waals surface area contributed by atoms with Gasteiger partial charge < -0.3 is 9.84 Å². The van der Waals surface area contributed by atoms with E-state index in [1.807, 2.05) is 25.1 Å². The molecule has 0 saturated carbocycles. The van der Waals surface area contributed by atoms with E-state index in [0.717, 1.165) is 11.1 Å². The third-order valence-electron chi connectivity index (χ3n) is 3.50. The molecule has 0 radical (unpaired) electrons. The van der Waals surface area contributed by atoms with Gasteiger partial charge in [0.05, 0.1) is 12.1 Å².